The second-order valence-electron chi connectivity index (χ2n) is 6.65. The van der Waals surface area contributed by atoms with Gasteiger partial charge in [-0.25, -0.2) is 0 Å². The van der Waals surface area contributed by atoms with Gasteiger partial charge < -0.3 is 10.5 Å². The van der Waals surface area contributed by atoms with Crippen LogP contribution in [0.25, 0.3) is 5.73 Å². The molecule has 143 valence electrons. The van der Waals surface area contributed by atoms with Gasteiger partial charge in [-0.1, -0.05) is 24.6 Å². The van der Waals surface area contributed by atoms with Gasteiger partial charge in [0.15, 0.2) is 0 Å². The molecule has 3 heteroatoms. The van der Waals surface area contributed by atoms with Crippen molar-refractivity contribution in [2.75, 3.05) is 13.2 Å². The van der Waals surface area contributed by atoms with Crippen LogP contribution in [0.4, 0.5) is 0 Å². The first-order valence-electron chi connectivity index (χ1n) is 10.4. The van der Waals surface area contributed by atoms with E-state index in [1.165, 1.54) is 38.5 Å². The van der Waals surface area contributed by atoms with Crippen molar-refractivity contribution in [3.8, 4) is 5.75 Å². The Morgan fingerprint density at radius 3 is 1.72 bits per heavy atom. The van der Waals surface area contributed by atoms with Crippen molar-refractivity contribution < 1.29 is 4.74 Å². The van der Waals surface area contributed by atoms with Crippen LogP contribution in [0.1, 0.15) is 72.1 Å². The van der Waals surface area contributed by atoms with Gasteiger partial charge in [0, 0.05) is 0 Å². The summed E-state index contributed by atoms with van der Waals surface area (Å²) >= 11 is -0.839. The van der Waals surface area contributed by atoms with Crippen molar-refractivity contribution in [2.45, 2.75) is 85.4 Å². The molecular formula is C22H40NOSn. The van der Waals surface area contributed by atoms with E-state index in [1.807, 2.05) is 30.3 Å². The van der Waals surface area contributed by atoms with Crippen molar-refractivity contribution in [2.24, 2.45) is 0 Å². The van der Waals surface area contributed by atoms with E-state index in [0.29, 0.717) is 6.61 Å². The minimum absolute atomic E-state index is 0.248. The minimum Gasteiger partial charge on any atom is -0.808 e. The molecule has 0 unspecified atom stereocenters. The summed E-state index contributed by atoms with van der Waals surface area (Å²) in [5, 5.41) is 0. The van der Waals surface area contributed by atoms with Gasteiger partial charge in [0.2, 0.25) is 0 Å². The number of nitrogens with zero attached hydrogens (tertiary/aromatic N) is 1. The molecule has 0 amide bonds. The first-order valence-corrected chi connectivity index (χ1v) is 16.5. The number of unbranched alkanes of at least 4 members (excludes halogenated alkanes) is 4. The molecule has 2 nitrogen and oxygen atoms in total. The Morgan fingerprint density at radius 2 is 1.28 bits per heavy atom. The summed E-state index contributed by atoms with van der Waals surface area (Å²) in [5.74, 6) is 0.899. The quantitative estimate of drug-likeness (QED) is 0.211. The predicted molar refractivity (Wildman–Crippen MR) is 114 cm³/mol. The molecule has 0 heterocycles. The summed E-state index contributed by atoms with van der Waals surface area (Å²) in [7, 11) is 0. The van der Waals surface area contributed by atoms with Gasteiger partial charge in [0.25, 0.3) is 0 Å². The van der Waals surface area contributed by atoms with Gasteiger partial charge in [-0.05, 0) is 18.6 Å². The third kappa shape index (κ3) is 17.0. The zero-order valence-electron chi connectivity index (χ0n) is 16.9. The van der Waals surface area contributed by atoms with Gasteiger partial charge in [-0.2, -0.15) is 6.54 Å². The van der Waals surface area contributed by atoms with E-state index in [4.69, 9.17) is 10.5 Å². The van der Waals surface area contributed by atoms with E-state index >= 15 is 0 Å². The Labute approximate surface area is 164 Å². The molecule has 0 N–H and O–H groups in total. The molecule has 25 heavy (non-hydrogen) atoms. The fourth-order valence-electron chi connectivity index (χ4n) is 2.58. The molecule has 1 aromatic rings. The fraction of sp³-hybridized carbons (Fsp3) is 0.727. The van der Waals surface area contributed by atoms with E-state index in [2.05, 4.69) is 20.8 Å². The Morgan fingerprint density at radius 1 is 0.760 bits per heavy atom. The standard InChI is InChI=1S/C10H13NO.3C4H9.Sn/c11-8-4-5-9-12-10-6-2-1-3-7-10;3*1-3-4-2;/h1-3,6-7H,4-5,8-9H2;3*1,3-4H2,2H3;/q-1;;;;+1. The van der Waals surface area contributed by atoms with E-state index in [1.54, 1.807) is 13.3 Å². The van der Waals surface area contributed by atoms with Gasteiger partial charge in [0.1, 0.15) is 5.75 Å². The number of para-hydroxylation sites is 1. The molecular weight excluding hydrogens is 413 g/mol. The molecule has 0 aliphatic heterocycles. The number of rotatable bonds is 14. The van der Waals surface area contributed by atoms with E-state index < -0.39 is 19.8 Å². The summed E-state index contributed by atoms with van der Waals surface area (Å²) in [6.07, 6.45) is 10.6. The van der Waals surface area contributed by atoms with Crippen LogP contribution in [0.15, 0.2) is 30.3 Å². The number of ether oxygens (including phenoxy) is 1. The Hall–Kier alpha value is -0.221. The van der Waals surface area contributed by atoms with Crippen LogP contribution >= 0.6 is 0 Å². The second kappa shape index (κ2) is 20.1. The molecule has 1 rings (SSSR count). The summed E-state index contributed by atoms with van der Waals surface area (Å²) in [5.41, 5.74) is 8.51. The van der Waals surface area contributed by atoms with Crippen LogP contribution < -0.4 is 4.74 Å². The molecule has 0 aliphatic rings. The van der Waals surface area contributed by atoms with Crippen LogP contribution in [0, 0.1) is 0 Å². The van der Waals surface area contributed by atoms with E-state index in [-0.39, 0.29) is 6.54 Å². The third-order valence-electron chi connectivity index (χ3n) is 4.22. The topological polar surface area (TPSA) is 31.5 Å². The second-order valence-corrected chi connectivity index (χ2v) is 15.2. The third-order valence-corrected chi connectivity index (χ3v) is 13.3. The molecule has 0 saturated heterocycles. The molecule has 0 aromatic heterocycles. The average molecular weight is 453 g/mol. The summed E-state index contributed by atoms with van der Waals surface area (Å²) < 4.78 is 10.4. The molecule has 0 spiro atoms. The number of benzene rings is 1. The van der Waals surface area contributed by atoms with E-state index in [0.717, 1.165) is 18.6 Å². The summed E-state index contributed by atoms with van der Waals surface area (Å²) in [6.45, 7) is 7.93. The zero-order valence-corrected chi connectivity index (χ0v) is 19.8. The van der Waals surface area contributed by atoms with Gasteiger partial charge in [-0.3, -0.25) is 0 Å². The Balaban J connectivity index is 0.000000462. The summed E-state index contributed by atoms with van der Waals surface area (Å²) in [4.78, 5) is 0. The molecule has 1 aromatic carbocycles. The fourth-order valence-corrected chi connectivity index (χ4v) is 12.0. The smallest absolute Gasteiger partial charge is 0.119 e. The zero-order chi connectivity index (χ0) is 18.6. The van der Waals surface area contributed by atoms with Crippen molar-refractivity contribution >= 4 is 19.8 Å². The maximum Gasteiger partial charge on any atom is 0.119 e. The van der Waals surface area contributed by atoms with Gasteiger partial charge >= 0.3 is 92.4 Å². The summed E-state index contributed by atoms with van der Waals surface area (Å²) in [6, 6.07) is 9.71. The van der Waals surface area contributed by atoms with Crippen LogP contribution in [0.2, 0.25) is 13.3 Å². The molecule has 0 bridgehead atoms. The molecule has 1 radical (unpaired) electrons. The normalized spacial score (nSPS) is 10.1. The number of hydrogen-bond acceptors (Lipinski definition) is 1. The van der Waals surface area contributed by atoms with E-state index in [9.17, 15) is 0 Å². The maximum absolute atomic E-state index is 8.51. The maximum atomic E-state index is 8.51. The molecule has 0 atom stereocenters. The Bertz CT molecular complexity index is 339. The predicted octanol–water partition coefficient (Wildman–Crippen LogP) is 7.57. The minimum atomic E-state index is -0.839. The van der Waals surface area contributed by atoms with Crippen molar-refractivity contribution in [3.05, 3.63) is 36.1 Å². The van der Waals surface area contributed by atoms with Crippen LogP contribution in [-0.2, 0) is 0 Å². The molecule has 0 saturated carbocycles. The largest absolute Gasteiger partial charge is 0.808 e. The first-order chi connectivity index (χ1) is 12.3. The number of hydrogen-bond donors (Lipinski definition) is 0. The van der Waals surface area contributed by atoms with Crippen LogP contribution in [-0.4, -0.2) is 32.9 Å². The van der Waals surface area contributed by atoms with Crippen LogP contribution in [0.5, 0.6) is 5.75 Å². The van der Waals surface area contributed by atoms with Crippen LogP contribution in [0.3, 0.4) is 0 Å². The van der Waals surface area contributed by atoms with Crippen molar-refractivity contribution in [3.63, 3.8) is 0 Å². The van der Waals surface area contributed by atoms with Crippen molar-refractivity contribution in [1.82, 2.24) is 0 Å². The van der Waals surface area contributed by atoms with Crippen molar-refractivity contribution in [1.29, 1.82) is 0 Å². The molecule has 0 fully saturated rings. The first kappa shape index (κ1) is 24.8. The Kier molecular flexibility index (Phi) is 19.9. The average Bonchev–Trinajstić information content (AvgIpc) is 2.66. The van der Waals surface area contributed by atoms with Gasteiger partial charge in [-0.15, -0.1) is 0 Å². The SMILES string of the molecule is CCC[CH2][Sn+]([CH2]CCC)[CH2]CCC.[N-]CCCCOc1ccccc1. The van der Waals surface area contributed by atoms with Gasteiger partial charge in [0.05, 0.1) is 6.61 Å². The molecule has 0 aliphatic carbocycles. The monoisotopic (exact) mass is 454 g/mol.